The first-order chi connectivity index (χ1) is 9.19. The molecule has 4 heteroatoms. The van der Waals surface area contributed by atoms with Crippen LogP contribution in [0.2, 0.25) is 10.0 Å². The Morgan fingerprint density at radius 2 is 1.58 bits per heavy atom. The minimum absolute atomic E-state index is 0.0723. The molecule has 19 heavy (non-hydrogen) atoms. The summed E-state index contributed by atoms with van der Waals surface area (Å²) >= 11 is 12.1. The highest BCUT2D eigenvalue weighted by Crippen LogP contribution is 2.34. The number of rotatable bonds is 9. The monoisotopic (exact) mass is 304 g/mol. The van der Waals surface area contributed by atoms with E-state index >= 15 is 0 Å². The number of hydrogen-bond acceptors (Lipinski definition) is 2. The number of aliphatic hydroxyl groups is 1. The molecule has 108 valence electrons. The Morgan fingerprint density at radius 3 is 2.16 bits per heavy atom. The largest absolute Gasteiger partial charge is 0.490 e. The summed E-state index contributed by atoms with van der Waals surface area (Å²) in [6, 6.07) is 3.37. The maximum atomic E-state index is 9.04. The Hall–Kier alpha value is -0.440. The van der Waals surface area contributed by atoms with Crippen LogP contribution in [-0.4, -0.2) is 11.7 Å². The van der Waals surface area contributed by atoms with Gasteiger partial charge in [-0.15, -0.1) is 0 Å². The summed E-state index contributed by atoms with van der Waals surface area (Å²) in [5, 5.41) is 9.96. The Morgan fingerprint density at radius 1 is 1.00 bits per heavy atom. The standard InChI is InChI=1S/C15H22Cl2O2/c1-2-3-4-5-6-7-8-19-15-13(16)9-12(11-18)10-14(15)17/h9-10,18H,2-8,11H2,1H3. The van der Waals surface area contributed by atoms with Gasteiger partial charge in [0.15, 0.2) is 5.75 Å². The van der Waals surface area contributed by atoms with E-state index in [1.807, 2.05) is 0 Å². The first kappa shape index (κ1) is 16.6. The van der Waals surface area contributed by atoms with Crippen LogP contribution in [0.3, 0.4) is 0 Å². The average molecular weight is 305 g/mol. The topological polar surface area (TPSA) is 29.5 Å². The summed E-state index contributed by atoms with van der Waals surface area (Å²) in [6.07, 6.45) is 7.30. The zero-order valence-electron chi connectivity index (χ0n) is 11.4. The number of hydrogen-bond donors (Lipinski definition) is 1. The average Bonchev–Trinajstić information content (AvgIpc) is 2.40. The molecule has 0 aliphatic carbocycles. The van der Waals surface area contributed by atoms with E-state index in [1.165, 1.54) is 32.1 Å². The van der Waals surface area contributed by atoms with Gasteiger partial charge in [-0.2, -0.15) is 0 Å². The first-order valence-electron chi connectivity index (χ1n) is 6.90. The van der Waals surface area contributed by atoms with Crippen LogP contribution in [0, 0.1) is 0 Å². The Balaban J connectivity index is 2.33. The second-order valence-corrected chi connectivity index (χ2v) is 5.48. The van der Waals surface area contributed by atoms with Crippen LogP contribution in [0.25, 0.3) is 0 Å². The SMILES string of the molecule is CCCCCCCCOc1c(Cl)cc(CO)cc1Cl. The van der Waals surface area contributed by atoms with E-state index in [9.17, 15) is 0 Å². The molecular formula is C15H22Cl2O2. The van der Waals surface area contributed by atoms with Crippen molar-refractivity contribution in [1.29, 1.82) is 0 Å². The summed E-state index contributed by atoms with van der Waals surface area (Å²) in [5.41, 5.74) is 0.696. The van der Waals surface area contributed by atoms with Crippen molar-refractivity contribution in [1.82, 2.24) is 0 Å². The lowest BCUT2D eigenvalue weighted by Crippen LogP contribution is -1.99. The molecule has 0 unspecified atom stereocenters. The van der Waals surface area contributed by atoms with Gasteiger partial charge in [-0.25, -0.2) is 0 Å². The van der Waals surface area contributed by atoms with E-state index in [-0.39, 0.29) is 6.61 Å². The molecule has 0 fully saturated rings. The molecule has 0 amide bonds. The van der Waals surface area contributed by atoms with Gasteiger partial charge in [0.05, 0.1) is 23.3 Å². The molecule has 2 nitrogen and oxygen atoms in total. The molecule has 0 bridgehead atoms. The van der Waals surface area contributed by atoms with E-state index in [0.29, 0.717) is 28.0 Å². The predicted octanol–water partition coefficient (Wildman–Crippen LogP) is 5.23. The van der Waals surface area contributed by atoms with Crippen LogP contribution in [0.1, 0.15) is 51.0 Å². The quantitative estimate of drug-likeness (QED) is 0.633. The molecule has 0 atom stereocenters. The van der Waals surface area contributed by atoms with Crippen molar-refractivity contribution in [3.8, 4) is 5.75 Å². The number of ether oxygens (including phenoxy) is 1. The molecule has 1 rings (SSSR count). The number of aliphatic hydroxyl groups excluding tert-OH is 1. The van der Waals surface area contributed by atoms with E-state index in [0.717, 1.165) is 6.42 Å². The smallest absolute Gasteiger partial charge is 0.156 e. The fraction of sp³-hybridized carbons (Fsp3) is 0.600. The minimum Gasteiger partial charge on any atom is -0.490 e. The van der Waals surface area contributed by atoms with Crippen LogP contribution in [0.4, 0.5) is 0 Å². The molecule has 1 aromatic carbocycles. The fourth-order valence-electron chi connectivity index (χ4n) is 1.90. The Labute approximate surface area is 125 Å². The zero-order valence-corrected chi connectivity index (χ0v) is 12.9. The maximum Gasteiger partial charge on any atom is 0.156 e. The van der Waals surface area contributed by atoms with Crippen molar-refractivity contribution in [2.24, 2.45) is 0 Å². The summed E-state index contributed by atoms with van der Waals surface area (Å²) in [7, 11) is 0. The normalized spacial score (nSPS) is 10.7. The number of unbranched alkanes of at least 4 members (excludes halogenated alkanes) is 5. The lowest BCUT2D eigenvalue weighted by molar-refractivity contribution is 0.281. The van der Waals surface area contributed by atoms with Crippen LogP contribution < -0.4 is 4.74 Å². The molecular weight excluding hydrogens is 283 g/mol. The van der Waals surface area contributed by atoms with Crippen molar-refractivity contribution in [2.45, 2.75) is 52.1 Å². The second-order valence-electron chi connectivity index (χ2n) is 4.66. The summed E-state index contributed by atoms with van der Waals surface area (Å²) in [4.78, 5) is 0. The molecule has 0 spiro atoms. The van der Waals surface area contributed by atoms with Crippen LogP contribution in [-0.2, 0) is 6.61 Å². The van der Waals surface area contributed by atoms with Gasteiger partial charge in [0.25, 0.3) is 0 Å². The third-order valence-electron chi connectivity index (χ3n) is 2.98. The first-order valence-corrected chi connectivity index (χ1v) is 7.66. The molecule has 0 saturated carbocycles. The molecule has 0 saturated heterocycles. The number of benzene rings is 1. The van der Waals surface area contributed by atoms with Gasteiger partial charge in [0, 0.05) is 0 Å². The Bertz CT molecular complexity index is 357. The highest BCUT2D eigenvalue weighted by atomic mass is 35.5. The van der Waals surface area contributed by atoms with Crippen molar-refractivity contribution in [2.75, 3.05) is 6.61 Å². The Kier molecular flexibility index (Phi) is 8.27. The molecule has 0 aromatic heterocycles. The minimum atomic E-state index is -0.0723. The molecule has 0 aliphatic rings. The second kappa shape index (κ2) is 9.46. The summed E-state index contributed by atoms with van der Waals surface area (Å²) in [5.74, 6) is 0.522. The van der Waals surface area contributed by atoms with E-state index in [2.05, 4.69) is 6.92 Å². The van der Waals surface area contributed by atoms with Gasteiger partial charge in [0.1, 0.15) is 0 Å². The summed E-state index contributed by atoms with van der Waals surface area (Å²) < 4.78 is 5.63. The maximum absolute atomic E-state index is 9.04. The highest BCUT2D eigenvalue weighted by molar-refractivity contribution is 6.37. The highest BCUT2D eigenvalue weighted by Gasteiger charge is 2.09. The number of halogens is 2. The third kappa shape index (κ3) is 6.03. The van der Waals surface area contributed by atoms with E-state index in [4.69, 9.17) is 33.0 Å². The lowest BCUT2D eigenvalue weighted by Gasteiger charge is -2.11. The van der Waals surface area contributed by atoms with Crippen LogP contribution >= 0.6 is 23.2 Å². The van der Waals surface area contributed by atoms with E-state index in [1.54, 1.807) is 12.1 Å². The van der Waals surface area contributed by atoms with Crippen molar-refractivity contribution in [3.63, 3.8) is 0 Å². The fourth-order valence-corrected chi connectivity index (χ4v) is 2.54. The molecule has 0 radical (unpaired) electrons. The van der Waals surface area contributed by atoms with Gasteiger partial charge in [-0.3, -0.25) is 0 Å². The van der Waals surface area contributed by atoms with Gasteiger partial charge >= 0.3 is 0 Å². The van der Waals surface area contributed by atoms with E-state index < -0.39 is 0 Å². The van der Waals surface area contributed by atoms with Crippen molar-refractivity contribution >= 4 is 23.2 Å². The lowest BCUT2D eigenvalue weighted by atomic mass is 10.1. The van der Waals surface area contributed by atoms with Crippen LogP contribution in [0.15, 0.2) is 12.1 Å². The van der Waals surface area contributed by atoms with Crippen molar-refractivity contribution in [3.05, 3.63) is 27.7 Å². The van der Waals surface area contributed by atoms with Crippen LogP contribution in [0.5, 0.6) is 5.75 Å². The molecule has 0 aliphatic heterocycles. The zero-order chi connectivity index (χ0) is 14.1. The van der Waals surface area contributed by atoms with Crippen molar-refractivity contribution < 1.29 is 9.84 Å². The van der Waals surface area contributed by atoms with Gasteiger partial charge in [-0.1, -0.05) is 62.2 Å². The predicted molar refractivity (Wildman–Crippen MR) is 81.3 cm³/mol. The van der Waals surface area contributed by atoms with Gasteiger partial charge in [-0.05, 0) is 24.1 Å². The van der Waals surface area contributed by atoms with Gasteiger partial charge in [0.2, 0.25) is 0 Å². The van der Waals surface area contributed by atoms with Gasteiger partial charge < -0.3 is 9.84 Å². The third-order valence-corrected chi connectivity index (χ3v) is 3.55. The molecule has 1 aromatic rings. The summed E-state index contributed by atoms with van der Waals surface area (Å²) in [6.45, 7) is 2.77. The molecule has 0 heterocycles. The molecule has 1 N–H and O–H groups in total.